The first-order chi connectivity index (χ1) is 13.0. The van der Waals surface area contributed by atoms with Crippen molar-refractivity contribution in [2.45, 2.75) is 6.42 Å². The maximum Gasteiger partial charge on any atom is 0.256 e. The van der Waals surface area contributed by atoms with E-state index in [9.17, 15) is 14.0 Å². The van der Waals surface area contributed by atoms with Crippen molar-refractivity contribution in [3.8, 4) is 5.75 Å². The van der Waals surface area contributed by atoms with Gasteiger partial charge in [0.05, 0.1) is 18.2 Å². The second-order valence-corrected chi connectivity index (χ2v) is 7.12. The zero-order valence-corrected chi connectivity index (χ0v) is 16.5. The summed E-state index contributed by atoms with van der Waals surface area (Å²) < 4.78 is 19.8. The molecule has 27 heavy (non-hydrogen) atoms. The van der Waals surface area contributed by atoms with E-state index in [-0.39, 0.29) is 17.4 Å². The van der Waals surface area contributed by atoms with Crippen LogP contribution in [0.15, 0.2) is 46.9 Å². The van der Waals surface area contributed by atoms with Crippen molar-refractivity contribution in [1.82, 2.24) is 9.80 Å². The Labute approximate surface area is 165 Å². The van der Waals surface area contributed by atoms with Gasteiger partial charge in [-0.2, -0.15) is 0 Å². The van der Waals surface area contributed by atoms with Crippen LogP contribution in [0.2, 0.25) is 0 Å². The summed E-state index contributed by atoms with van der Waals surface area (Å²) in [6, 6.07) is 11.2. The highest BCUT2D eigenvalue weighted by Crippen LogP contribution is 2.24. The lowest BCUT2D eigenvalue weighted by molar-refractivity contribution is 0.0715. The first-order valence-corrected chi connectivity index (χ1v) is 9.47. The van der Waals surface area contributed by atoms with Gasteiger partial charge < -0.3 is 14.5 Å². The van der Waals surface area contributed by atoms with E-state index in [1.165, 1.54) is 12.1 Å². The van der Waals surface area contributed by atoms with Crippen LogP contribution in [0.25, 0.3) is 0 Å². The summed E-state index contributed by atoms with van der Waals surface area (Å²) in [6.07, 6.45) is 0.632. The number of hydrogen-bond donors (Lipinski definition) is 0. The van der Waals surface area contributed by atoms with E-state index >= 15 is 0 Å². The Morgan fingerprint density at radius 3 is 2.22 bits per heavy atom. The van der Waals surface area contributed by atoms with E-state index in [0.29, 0.717) is 48.4 Å². The fraction of sp³-hybridized carbons (Fsp3) is 0.300. The van der Waals surface area contributed by atoms with Gasteiger partial charge in [0.1, 0.15) is 11.6 Å². The topological polar surface area (TPSA) is 49.9 Å². The zero-order chi connectivity index (χ0) is 19.4. The molecule has 0 radical (unpaired) electrons. The summed E-state index contributed by atoms with van der Waals surface area (Å²) in [4.78, 5) is 28.9. The second-order valence-electron chi connectivity index (χ2n) is 6.26. The minimum absolute atomic E-state index is 0.0628. The lowest BCUT2D eigenvalue weighted by Crippen LogP contribution is -2.37. The summed E-state index contributed by atoms with van der Waals surface area (Å²) in [7, 11) is 1.55. The molecule has 5 nitrogen and oxygen atoms in total. The Hall–Kier alpha value is -2.41. The Kier molecular flexibility index (Phi) is 6.11. The monoisotopic (exact) mass is 434 g/mol. The van der Waals surface area contributed by atoms with Gasteiger partial charge in [-0.25, -0.2) is 4.39 Å². The van der Waals surface area contributed by atoms with E-state index in [1.54, 1.807) is 47.2 Å². The molecule has 0 unspecified atom stereocenters. The van der Waals surface area contributed by atoms with Gasteiger partial charge in [-0.05, 0) is 52.7 Å². The molecule has 7 heteroatoms. The summed E-state index contributed by atoms with van der Waals surface area (Å²) in [5.74, 6) is -0.390. The Morgan fingerprint density at radius 1 is 0.963 bits per heavy atom. The number of carbonyl (C=O) groups excluding carboxylic acids is 2. The van der Waals surface area contributed by atoms with E-state index in [2.05, 4.69) is 15.9 Å². The first-order valence-electron chi connectivity index (χ1n) is 8.68. The third-order valence-electron chi connectivity index (χ3n) is 4.58. The van der Waals surface area contributed by atoms with Crippen molar-refractivity contribution in [3.05, 3.63) is 63.9 Å². The van der Waals surface area contributed by atoms with Crippen molar-refractivity contribution in [2.75, 3.05) is 33.3 Å². The van der Waals surface area contributed by atoms with E-state index < -0.39 is 5.82 Å². The molecule has 1 heterocycles. The molecule has 0 spiro atoms. The number of benzene rings is 2. The molecule has 0 N–H and O–H groups in total. The van der Waals surface area contributed by atoms with Gasteiger partial charge >= 0.3 is 0 Å². The number of carbonyl (C=O) groups is 2. The maximum atomic E-state index is 13.9. The SMILES string of the molecule is COc1ccc(Br)c(C(=O)N2CCCN(C(=O)c3ccccc3F)CC2)c1. The molecule has 0 atom stereocenters. The number of nitrogens with zero attached hydrogens (tertiary/aromatic N) is 2. The smallest absolute Gasteiger partial charge is 0.256 e. The van der Waals surface area contributed by atoms with Crippen LogP contribution in [0, 0.1) is 5.82 Å². The quantitative estimate of drug-likeness (QED) is 0.741. The van der Waals surface area contributed by atoms with Crippen LogP contribution in [0.5, 0.6) is 5.75 Å². The Balaban J connectivity index is 1.72. The van der Waals surface area contributed by atoms with Crippen LogP contribution in [0.4, 0.5) is 4.39 Å². The minimum atomic E-state index is -0.528. The number of amides is 2. The van der Waals surface area contributed by atoms with Crippen LogP contribution >= 0.6 is 15.9 Å². The minimum Gasteiger partial charge on any atom is -0.497 e. The van der Waals surface area contributed by atoms with Crippen molar-refractivity contribution in [3.63, 3.8) is 0 Å². The lowest BCUT2D eigenvalue weighted by atomic mass is 10.2. The third-order valence-corrected chi connectivity index (χ3v) is 5.27. The molecule has 1 fully saturated rings. The molecule has 2 aromatic rings. The highest BCUT2D eigenvalue weighted by molar-refractivity contribution is 9.10. The molecular formula is C20H20BrFN2O3. The van der Waals surface area contributed by atoms with Gasteiger partial charge in [0.2, 0.25) is 0 Å². The highest BCUT2D eigenvalue weighted by Gasteiger charge is 2.25. The van der Waals surface area contributed by atoms with Crippen molar-refractivity contribution in [1.29, 1.82) is 0 Å². The van der Waals surface area contributed by atoms with Crippen molar-refractivity contribution in [2.24, 2.45) is 0 Å². The fourth-order valence-electron chi connectivity index (χ4n) is 3.09. The van der Waals surface area contributed by atoms with Crippen LogP contribution in [0.1, 0.15) is 27.1 Å². The van der Waals surface area contributed by atoms with Gasteiger partial charge in [0.25, 0.3) is 11.8 Å². The maximum absolute atomic E-state index is 13.9. The molecular weight excluding hydrogens is 415 g/mol. The van der Waals surface area contributed by atoms with Crippen molar-refractivity contribution < 1.29 is 18.7 Å². The van der Waals surface area contributed by atoms with Crippen LogP contribution in [0.3, 0.4) is 0 Å². The summed E-state index contributed by atoms with van der Waals surface area (Å²) >= 11 is 3.41. The molecule has 2 amide bonds. The first kappa shape index (κ1) is 19.4. The average Bonchev–Trinajstić information content (AvgIpc) is 2.94. The van der Waals surface area contributed by atoms with Gasteiger partial charge in [0.15, 0.2) is 0 Å². The highest BCUT2D eigenvalue weighted by atomic mass is 79.9. The lowest BCUT2D eigenvalue weighted by Gasteiger charge is -2.23. The Bertz CT molecular complexity index is 859. The molecule has 0 aliphatic carbocycles. The van der Waals surface area contributed by atoms with Crippen LogP contribution in [-0.2, 0) is 0 Å². The predicted octanol–water partition coefficient (Wildman–Crippen LogP) is 3.59. The van der Waals surface area contributed by atoms with Gasteiger partial charge in [0, 0.05) is 30.7 Å². The summed E-state index contributed by atoms with van der Waals surface area (Å²) in [5, 5.41) is 0. The fourth-order valence-corrected chi connectivity index (χ4v) is 3.51. The number of hydrogen-bond acceptors (Lipinski definition) is 3. The molecule has 1 aliphatic rings. The molecule has 3 rings (SSSR count). The summed E-state index contributed by atoms with van der Waals surface area (Å²) in [6.45, 7) is 1.77. The summed E-state index contributed by atoms with van der Waals surface area (Å²) in [5.41, 5.74) is 0.580. The standard InChI is InChI=1S/C20H20BrFN2O3/c1-27-14-7-8-17(21)16(13-14)20(26)24-10-4-9-23(11-12-24)19(25)15-5-2-3-6-18(15)22/h2-3,5-8,13H,4,9-12H2,1H3. The van der Waals surface area contributed by atoms with Gasteiger partial charge in [-0.15, -0.1) is 0 Å². The van der Waals surface area contributed by atoms with Crippen LogP contribution < -0.4 is 4.74 Å². The number of ether oxygens (including phenoxy) is 1. The normalized spacial score (nSPS) is 14.6. The Morgan fingerprint density at radius 2 is 1.59 bits per heavy atom. The van der Waals surface area contributed by atoms with E-state index in [0.717, 1.165) is 0 Å². The number of methoxy groups -OCH3 is 1. The zero-order valence-electron chi connectivity index (χ0n) is 15.0. The molecule has 1 saturated heterocycles. The van der Waals surface area contributed by atoms with Crippen molar-refractivity contribution >= 4 is 27.7 Å². The molecule has 2 aromatic carbocycles. The van der Waals surface area contributed by atoms with Crippen LogP contribution in [-0.4, -0.2) is 54.9 Å². The molecule has 0 aromatic heterocycles. The average molecular weight is 435 g/mol. The second kappa shape index (κ2) is 8.52. The molecule has 0 bridgehead atoms. The largest absolute Gasteiger partial charge is 0.497 e. The number of rotatable bonds is 3. The van der Waals surface area contributed by atoms with Gasteiger partial charge in [-0.1, -0.05) is 12.1 Å². The number of halogens is 2. The van der Waals surface area contributed by atoms with E-state index in [1.807, 2.05) is 0 Å². The van der Waals surface area contributed by atoms with E-state index in [4.69, 9.17) is 4.74 Å². The molecule has 142 valence electrons. The third kappa shape index (κ3) is 4.30. The molecule has 1 aliphatic heterocycles. The van der Waals surface area contributed by atoms with Gasteiger partial charge in [-0.3, -0.25) is 9.59 Å². The molecule has 0 saturated carbocycles. The predicted molar refractivity (Wildman–Crippen MR) is 104 cm³/mol.